The summed E-state index contributed by atoms with van der Waals surface area (Å²) in [5.74, 6) is -0.845. The Morgan fingerprint density at radius 3 is 2.24 bits per heavy atom. The summed E-state index contributed by atoms with van der Waals surface area (Å²) in [6.45, 7) is 6.48. The van der Waals surface area contributed by atoms with Crippen LogP contribution in [0.15, 0.2) is 12.1 Å². The lowest BCUT2D eigenvalue weighted by Gasteiger charge is -2.17. The highest BCUT2D eigenvalue weighted by Gasteiger charge is 2.15. The summed E-state index contributed by atoms with van der Waals surface area (Å²) < 4.78 is 0. The Bertz CT molecular complexity index is 393. The molecule has 0 fully saturated rings. The maximum atomic E-state index is 10.9. The van der Waals surface area contributed by atoms with Gasteiger partial charge in [0, 0.05) is 12.2 Å². The van der Waals surface area contributed by atoms with Crippen molar-refractivity contribution < 1.29 is 9.90 Å². The first-order chi connectivity index (χ1) is 7.95. The Kier molecular flexibility index (Phi) is 4.52. The van der Waals surface area contributed by atoms with Crippen molar-refractivity contribution in [2.24, 2.45) is 0 Å². The van der Waals surface area contributed by atoms with Gasteiger partial charge in [-0.25, -0.2) is 0 Å². The average molecular weight is 236 g/mol. The van der Waals surface area contributed by atoms with E-state index in [0.717, 1.165) is 16.8 Å². The normalized spacial score (nSPS) is 12.2. The number of carbonyl (C=O) groups is 1. The summed E-state index contributed by atoms with van der Waals surface area (Å²) in [6, 6.07) is 3.60. The van der Waals surface area contributed by atoms with Gasteiger partial charge in [-0.2, -0.15) is 0 Å². The molecular weight excluding hydrogens is 216 g/mol. The molecule has 0 aliphatic carbocycles. The Balaban J connectivity index is 2.79. The average Bonchev–Trinajstić information content (AvgIpc) is 2.21. The standard InChI is InChI=1S/C13H20N2O2/c1-8-5-9(2)12(10(3)6-8)15-7-11(14-4)13(16)17/h5-6,11,14-15H,7H2,1-4H3,(H,16,17). The number of carboxylic acid groups (broad SMARTS) is 1. The topological polar surface area (TPSA) is 61.4 Å². The van der Waals surface area contributed by atoms with E-state index >= 15 is 0 Å². The van der Waals surface area contributed by atoms with Crippen LogP contribution in [0.3, 0.4) is 0 Å². The monoisotopic (exact) mass is 236 g/mol. The van der Waals surface area contributed by atoms with E-state index in [2.05, 4.69) is 29.7 Å². The van der Waals surface area contributed by atoms with Crippen LogP contribution in [0.4, 0.5) is 5.69 Å². The van der Waals surface area contributed by atoms with Gasteiger partial charge in [0.15, 0.2) is 0 Å². The lowest BCUT2D eigenvalue weighted by molar-refractivity contribution is -0.138. The van der Waals surface area contributed by atoms with Crippen LogP contribution in [0.2, 0.25) is 0 Å². The number of likely N-dealkylation sites (N-methyl/N-ethyl adjacent to an activating group) is 1. The Morgan fingerprint density at radius 2 is 1.82 bits per heavy atom. The Morgan fingerprint density at radius 1 is 1.29 bits per heavy atom. The molecule has 1 rings (SSSR count). The highest BCUT2D eigenvalue weighted by molar-refractivity contribution is 5.74. The van der Waals surface area contributed by atoms with E-state index in [1.54, 1.807) is 7.05 Å². The van der Waals surface area contributed by atoms with Crippen molar-refractivity contribution in [2.75, 3.05) is 18.9 Å². The molecule has 0 bridgehead atoms. The van der Waals surface area contributed by atoms with Gasteiger partial charge in [0.25, 0.3) is 0 Å². The number of hydrogen-bond acceptors (Lipinski definition) is 3. The van der Waals surface area contributed by atoms with Gasteiger partial charge < -0.3 is 15.7 Å². The second-order valence-electron chi connectivity index (χ2n) is 4.33. The molecule has 1 aromatic carbocycles. The summed E-state index contributed by atoms with van der Waals surface area (Å²) >= 11 is 0. The van der Waals surface area contributed by atoms with Crippen molar-refractivity contribution >= 4 is 11.7 Å². The second kappa shape index (κ2) is 5.68. The van der Waals surface area contributed by atoms with Crippen LogP contribution in [-0.2, 0) is 4.79 Å². The molecule has 1 atom stereocenters. The third kappa shape index (κ3) is 3.46. The zero-order valence-electron chi connectivity index (χ0n) is 10.8. The van der Waals surface area contributed by atoms with E-state index in [4.69, 9.17) is 5.11 Å². The lowest BCUT2D eigenvalue weighted by Crippen LogP contribution is -2.40. The van der Waals surface area contributed by atoms with E-state index in [9.17, 15) is 4.79 Å². The number of aliphatic carboxylic acids is 1. The number of anilines is 1. The molecule has 17 heavy (non-hydrogen) atoms. The van der Waals surface area contributed by atoms with E-state index in [1.165, 1.54) is 5.56 Å². The van der Waals surface area contributed by atoms with E-state index in [0.29, 0.717) is 6.54 Å². The maximum Gasteiger partial charge on any atom is 0.322 e. The number of carboxylic acids is 1. The van der Waals surface area contributed by atoms with E-state index < -0.39 is 12.0 Å². The van der Waals surface area contributed by atoms with Gasteiger partial charge in [0.1, 0.15) is 6.04 Å². The summed E-state index contributed by atoms with van der Waals surface area (Å²) in [5.41, 5.74) is 4.52. The lowest BCUT2D eigenvalue weighted by atomic mass is 10.0. The summed E-state index contributed by atoms with van der Waals surface area (Å²) in [4.78, 5) is 10.9. The fourth-order valence-corrected chi connectivity index (χ4v) is 1.98. The SMILES string of the molecule is CNC(CNc1c(C)cc(C)cc1C)C(=O)O. The van der Waals surface area contributed by atoms with Gasteiger partial charge >= 0.3 is 5.97 Å². The van der Waals surface area contributed by atoms with Crippen LogP contribution in [-0.4, -0.2) is 30.7 Å². The number of hydrogen-bond donors (Lipinski definition) is 3. The van der Waals surface area contributed by atoms with Gasteiger partial charge in [0.2, 0.25) is 0 Å². The van der Waals surface area contributed by atoms with Crippen molar-refractivity contribution in [1.29, 1.82) is 0 Å². The van der Waals surface area contributed by atoms with Gasteiger partial charge in [0.05, 0.1) is 0 Å². The minimum atomic E-state index is -0.845. The number of aryl methyl sites for hydroxylation is 3. The molecule has 0 heterocycles. The van der Waals surface area contributed by atoms with Crippen LogP contribution >= 0.6 is 0 Å². The molecule has 1 aromatic rings. The molecule has 0 aromatic heterocycles. The molecule has 4 nitrogen and oxygen atoms in total. The number of rotatable bonds is 5. The first kappa shape index (κ1) is 13.5. The molecule has 0 spiro atoms. The van der Waals surface area contributed by atoms with Gasteiger partial charge in [-0.15, -0.1) is 0 Å². The minimum Gasteiger partial charge on any atom is -0.480 e. The summed E-state index contributed by atoms with van der Waals surface area (Å²) in [7, 11) is 1.65. The zero-order chi connectivity index (χ0) is 13.0. The smallest absolute Gasteiger partial charge is 0.322 e. The van der Waals surface area contributed by atoms with Crippen molar-refractivity contribution in [1.82, 2.24) is 5.32 Å². The molecule has 94 valence electrons. The molecule has 0 radical (unpaired) electrons. The molecule has 0 saturated heterocycles. The minimum absolute atomic E-state index is 0.372. The highest BCUT2D eigenvalue weighted by atomic mass is 16.4. The van der Waals surface area contributed by atoms with Crippen molar-refractivity contribution in [3.8, 4) is 0 Å². The zero-order valence-corrected chi connectivity index (χ0v) is 10.8. The molecule has 0 aliphatic heterocycles. The van der Waals surface area contributed by atoms with E-state index in [1.807, 2.05) is 13.8 Å². The van der Waals surface area contributed by atoms with Crippen molar-refractivity contribution in [3.05, 3.63) is 28.8 Å². The first-order valence-electron chi connectivity index (χ1n) is 5.67. The van der Waals surface area contributed by atoms with Gasteiger partial charge in [-0.1, -0.05) is 17.7 Å². The predicted octanol–water partition coefficient (Wildman–Crippen LogP) is 1.70. The molecular formula is C13H20N2O2. The highest BCUT2D eigenvalue weighted by Crippen LogP contribution is 2.21. The van der Waals surface area contributed by atoms with Gasteiger partial charge in [-0.3, -0.25) is 4.79 Å². The molecule has 0 saturated carbocycles. The molecule has 1 unspecified atom stereocenters. The summed E-state index contributed by atoms with van der Waals surface area (Å²) in [5, 5.41) is 14.9. The quantitative estimate of drug-likeness (QED) is 0.728. The fraction of sp³-hybridized carbons (Fsp3) is 0.462. The third-order valence-electron chi connectivity index (χ3n) is 2.81. The number of nitrogens with one attached hydrogen (secondary N) is 2. The number of benzene rings is 1. The van der Waals surface area contributed by atoms with Crippen molar-refractivity contribution in [3.63, 3.8) is 0 Å². The third-order valence-corrected chi connectivity index (χ3v) is 2.81. The molecule has 3 N–H and O–H groups in total. The van der Waals surface area contributed by atoms with Crippen LogP contribution in [0.5, 0.6) is 0 Å². The Labute approximate surface area is 102 Å². The maximum absolute atomic E-state index is 10.9. The van der Waals surface area contributed by atoms with Crippen LogP contribution in [0.25, 0.3) is 0 Å². The largest absolute Gasteiger partial charge is 0.480 e. The molecule has 0 aliphatic rings. The molecule has 4 heteroatoms. The van der Waals surface area contributed by atoms with Crippen molar-refractivity contribution in [2.45, 2.75) is 26.8 Å². The van der Waals surface area contributed by atoms with Crippen LogP contribution in [0, 0.1) is 20.8 Å². The van der Waals surface area contributed by atoms with Gasteiger partial charge in [-0.05, 0) is 38.9 Å². The summed E-state index contributed by atoms with van der Waals surface area (Å²) in [6.07, 6.45) is 0. The second-order valence-corrected chi connectivity index (χ2v) is 4.33. The van der Waals surface area contributed by atoms with E-state index in [-0.39, 0.29) is 0 Å². The Hall–Kier alpha value is -1.55. The van der Waals surface area contributed by atoms with Crippen LogP contribution in [0.1, 0.15) is 16.7 Å². The predicted molar refractivity (Wildman–Crippen MR) is 69.6 cm³/mol. The van der Waals surface area contributed by atoms with Crippen LogP contribution < -0.4 is 10.6 Å². The first-order valence-corrected chi connectivity index (χ1v) is 5.67. The molecule has 0 amide bonds. The fourth-order valence-electron chi connectivity index (χ4n) is 1.98.